The molecule has 0 saturated carbocycles. The van der Waals surface area contributed by atoms with Crippen molar-refractivity contribution < 1.29 is 38.5 Å². The second kappa shape index (κ2) is 14.9. The summed E-state index contributed by atoms with van der Waals surface area (Å²) < 4.78 is 15.7. The maximum absolute atomic E-state index is 13.2. The molecule has 0 aliphatic heterocycles. The Balaban J connectivity index is 5.40. The fraction of sp³-hybridized carbons (Fsp3) is 0.778. The molecule has 0 bridgehead atoms. The molecule has 4 N–H and O–H groups in total. The Morgan fingerprint density at radius 1 is 0.789 bits per heavy atom. The SMILES string of the molecule is CC(C)[C@@H](/C=C/C(=O)OC(C)(C)C)NC(=O)C(C[C@@H](O)CCNC(=O)OC(C)(C)C)NC(=O)OC(C)(C)C. The predicted molar refractivity (Wildman–Crippen MR) is 144 cm³/mol. The number of rotatable bonds is 11. The van der Waals surface area contributed by atoms with Crippen LogP contribution in [0.25, 0.3) is 0 Å². The highest BCUT2D eigenvalue weighted by Gasteiger charge is 2.28. The number of aliphatic hydroxyl groups is 1. The van der Waals surface area contributed by atoms with Gasteiger partial charge in [0.15, 0.2) is 0 Å². The van der Waals surface area contributed by atoms with Gasteiger partial charge in [-0.25, -0.2) is 14.4 Å². The summed E-state index contributed by atoms with van der Waals surface area (Å²) in [5.74, 6) is -1.21. The number of amides is 3. The van der Waals surface area contributed by atoms with E-state index < -0.39 is 59.1 Å². The van der Waals surface area contributed by atoms with Crippen molar-refractivity contribution in [1.29, 1.82) is 0 Å². The van der Waals surface area contributed by atoms with Crippen molar-refractivity contribution >= 4 is 24.1 Å². The molecule has 0 heterocycles. The summed E-state index contributed by atoms with van der Waals surface area (Å²) in [4.78, 5) is 49.5. The molecule has 0 aromatic carbocycles. The van der Waals surface area contributed by atoms with Gasteiger partial charge >= 0.3 is 18.2 Å². The zero-order valence-corrected chi connectivity index (χ0v) is 24.9. The average Bonchev–Trinajstić information content (AvgIpc) is 2.65. The van der Waals surface area contributed by atoms with Gasteiger partial charge in [0.25, 0.3) is 0 Å². The van der Waals surface area contributed by atoms with Crippen molar-refractivity contribution in [3.63, 3.8) is 0 Å². The topological polar surface area (TPSA) is 152 Å². The number of alkyl carbamates (subject to hydrolysis) is 2. The lowest BCUT2D eigenvalue weighted by molar-refractivity contribution is -0.148. The maximum Gasteiger partial charge on any atom is 0.408 e. The van der Waals surface area contributed by atoms with Crippen molar-refractivity contribution in [1.82, 2.24) is 16.0 Å². The quantitative estimate of drug-likeness (QED) is 0.175. The summed E-state index contributed by atoms with van der Waals surface area (Å²) in [5, 5.41) is 18.4. The van der Waals surface area contributed by atoms with Crippen LogP contribution in [0.15, 0.2) is 12.2 Å². The number of aliphatic hydroxyl groups excluding tert-OH is 1. The highest BCUT2D eigenvalue weighted by Crippen LogP contribution is 2.12. The van der Waals surface area contributed by atoms with E-state index in [1.54, 1.807) is 62.3 Å². The number of hydrogen-bond donors (Lipinski definition) is 4. The number of carbonyl (C=O) groups is 4. The van der Waals surface area contributed by atoms with Crippen LogP contribution in [0.3, 0.4) is 0 Å². The van der Waals surface area contributed by atoms with Crippen LogP contribution in [-0.4, -0.2) is 70.7 Å². The normalized spacial score (nSPS) is 14.9. The minimum atomic E-state index is -1.14. The highest BCUT2D eigenvalue weighted by atomic mass is 16.6. The Labute approximate surface area is 227 Å². The van der Waals surface area contributed by atoms with E-state index in [1.807, 2.05) is 13.8 Å². The van der Waals surface area contributed by atoms with Gasteiger partial charge in [0.2, 0.25) is 5.91 Å². The third-order valence-corrected chi connectivity index (χ3v) is 4.53. The average molecular weight is 544 g/mol. The van der Waals surface area contributed by atoms with E-state index in [0.29, 0.717) is 0 Å². The minimum Gasteiger partial charge on any atom is -0.457 e. The third-order valence-electron chi connectivity index (χ3n) is 4.53. The molecule has 11 nitrogen and oxygen atoms in total. The van der Waals surface area contributed by atoms with E-state index in [-0.39, 0.29) is 25.3 Å². The molecule has 0 radical (unpaired) electrons. The molecule has 11 heteroatoms. The van der Waals surface area contributed by atoms with E-state index in [1.165, 1.54) is 12.2 Å². The monoisotopic (exact) mass is 543 g/mol. The van der Waals surface area contributed by atoms with E-state index in [2.05, 4.69) is 16.0 Å². The minimum absolute atomic E-state index is 0.0947. The van der Waals surface area contributed by atoms with Crippen LogP contribution in [0.4, 0.5) is 9.59 Å². The molecule has 0 spiro atoms. The second-order valence-electron chi connectivity index (χ2n) is 12.5. The van der Waals surface area contributed by atoms with Crippen LogP contribution in [0.5, 0.6) is 0 Å². The number of hydrogen-bond acceptors (Lipinski definition) is 8. The van der Waals surface area contributed by atoms with E-state index in [0.717, 1.165) is 0 Å². The molecule has 3 atom stereocenters. The number of esters is 1. The summed E-state index contributed by atoms with van der Waals surface area (Å²) >= 11 is 0. The molecule has 0 fully saturated rings. The zero-order chi connectivity index (χ0) is 29.9. The van der Waals surface area contributed by atoms with Gasteiger partial charge in [0.05, 0.1) is 12.1 Å². The molecule has 0 aromatic rings. The highest BCUT2D eigenvalue weighted by molar-refractivity contribution is 5.86. The number of ether oxygens (including phenoxy) is 3. The first-order chi connectivity index (χ1) is 17.1. The van der Waals surface area contributed by atoms with Gasteiger partial charge in [-0.1, -0.05) is 19.9 Å². The van der Waals surface area contributed by atoms with E-state index in [4.69, 9.17) is 14.2 Å². The predicted octanol–water partition coefficient (Wildman–Crippen LogP) is 3.58. The molecule has 3 amide bonds. The summed E-state index contributed by atoms with van der Waals surface area (Å²) in [7, 11) is 0. The zero-order valence-electron chi connectivity index (χ0n) is 24.9. The van der Waals surface area contributed by atoms with Crippen molar-refractivity contribution in [2.45, 2.75) is 124 Å². The van der Waals surface area contributed by atoms with Gasteiger partial charge < -0.3 is 35.3 Å². The molecule has 0 aromatic heterocycles. The standard InChI is InChI=1S/C27H49N3O8/c1-17(2)19(12-13-21(32)36-25(3,4)5)29-22(33)20(30-24(35)38-27(9,10)11)16-18(31)14-15-28-23(34)37-26(6,7)8/h12-13,17-20,31H,14-16H2,1-11H3,(H,28,34)(H,29,33)(H,30,35)/b13-12+/t18-,19+,20?/m0/s1. The number of carbonyl (C=O) groups excluding carboxylic acids is 4. The Kier molecular flexibility index (Phi) is 13.8. The second-order valence-corrected chi connectivity index (χ2v) is 12.5. The fourth-order valence-electron chi connectivity index (χ4n) is 2.95. The van der Waals surface area contributed by atoms with Crippen LogP contribution >= 0.6 is 0 Å². The molecule has 0 rings (SSSR count). The fourth-order valence-corrected chi connectivity index (χ4v) is 2.95. The first-order valence-electron chi connectivity index (χ1n) is 12.9. The Morgan fingerprint density at radius 3 is 1.76 bits per heavy atom. The molecule has 0 saturated heterocycles. The van der Waals surface area contributed by atoms with Crippen molar-refractivity contribution in [2.24, 2.45) is 5.92 Å². The van der Waals surface area contributed by atoms with E-state index >= 15 is 0 Å². The van der Waals surface area contributed by atoms with Crippen LogP contribution in [-0.2, 0) is 23.8 Å². The van der Waals surface area contributed by atoms with E-state index in [9.17, 15) is 24.3 Å². The van der Waals surface area contributed by atoms with Gasteiger partial charge in [-0.3, -0.25) is 4.79 Å². The first kappa shape index (κ1) is 35.2. The van der Waals surface area contributed by atoms with Gasteiger partial charge in [-0.15, -0.1) is 0 Å². The molecule has 0 aliphatic rings. The van der Waals surface area contributed by atoms with Gasteiger partial charge in [-0.2, -0.15) is 0 Å². The molecule has 220 valence electrons. The molecule has 1 unspecified atom stereocenters. The summed E-state index contributed by atoms with van der Waals surface area (Å²) in [5.41, 5.74) is -2.11. The van der Waals surface area contributed by atoms with Crippen molar-refractivity contribution in [2.75, 3.05) is 6.54 Å². The number of nitrogens with one attached hydrogen (secondary N) is 3. The third kappa shape index (κ3) is 18.4. The van der Waals surface area contributed by atoms with Crippen molar-refractivity contribution in [3.05, 3.63) is 12.2 Å². The van der Waals surface area contributed by atoms with Crippen LogP contribution in [0, 0.1) is 5.92 Å². The van der Waals surface area contributed by atoms with Gasteiger partial charge in [-0.05, 0) is 74.7 Å². The summed E-state index contributed by atoms with van der Waals surface area (Å²) in [6.45, 7) is 19.4. The van der Waals surface area contributed by atoms with Crippen LogP contribution < -0.4 is 16.0 Å². The van der Waals surface area contributed by atoms with Gasteiger partial charge in [0.1, 0.15) is 22.8 Å². The molecule has 38 heavy (non-hydrogen) atoms. The van der Waals surface area contributed by atoms with Crippen LogP contribution in [0.1, 0.15) is 89.0 Å². The summed E-state index contributed by atoms with van der Waals surface area (Å²) in [6.07, 6.45) is 0.286. The van der Waals surface area contributed by atoms with Crippen LogP contribution in [0.2, 0.25) is 0 Å². The Bertz CT molecular complexity index is 820. The smallest absolute Gasteiger partial charge is 0.408 e. The Morgan fingerprint density at radius 2 is 1.29 bits per heavy atom. The van der Waals surface area contributed by atoms with Crippen molar-refractivity contribution in [3.8, 4) is 0 Å². The lowest BCUT2D eigenvalue weighted by Crippen LogP contribution is -2.52. The van der Waals surface area contributed by atoms with Gasteiger partial charge in [0, 0.05) is 19.0 Å². The lowest BCUT2D eigenvalue weighted by atomic mass is 10.0. The summed E-state index contributed by atoms with van der Waals surface area (Å²) in [6, 6.07) is -1.69. The lowest BCUT2D eigenvalue weighted by Gasteiger charge is -2.27. The Hall–Kier alpha value is -2.82. The maximum atomic E-state index is 13.2. The molecular weight excluding hydrogens is 494 g/mol. The molecule has 0 aliphatic carbocycles. The largest absolute Gasteiger partial charge is 0.457 e. The molecular formula is C27H49N3O8. The first-order valence-corrected chi connectivity index (χ1v) is 12.9.